The van der Waals surface area contributed by atoms with Crippen LogP contribution in [0.3, 0.4) is 0 Å². The van der Waals surface area contributed by atoms with Gasteiger partial charge in [0.05, 0.1) is 6.42 Å². The van der Waals surface area contributed by atoms with Gasteiger partial charge in [-0.25, -0.2) is 0 Å². The zero-order valence-electron chi connectivity index (χ0n) is 12.1. The van der Waals surface area contributed by atoms with Crippen molar-refractivity contribution in [3.8, 4) is 0 Å². The van der Waals surface area contributed by atoms with Gasteiger partial charge in [-0.3, -0.25) is 19.3 Å². The maximum Gasteiger partial charge on any atom is 0.323 e. The van der Waals surface area contributed by atoms with Crippen LogP contribution in [0.2, 0.25) is 0 Å². The normalized spacial score (nSPS) is 18.2. The quantitative estimate of drug-likeness (QED) is 0.820. The van der Waals surface area contributed by atoms with Crippen LogP contribution in [0.4, 0.5) is 5.69 Å². The summed E-state index contributed by atoms with van der Waals surface area (Å²) in [5.74, 6) is -1.62. The van der Waals surface area contributed by atoms with E-state index in [1.165, 1.54) is 9.80 Å². The number of nitrogens with zero attached hydrogens (tertiary/aromatic N) is 2. The molecule has 1 aliphatic heterocycles. The van der Waals surface area contributed by atoms with Gasteiger partial charge in [0.25, 0.3) is 5.91 Å². The van der Waals surface area contributed by atoms with Crippen LogP contribution in [-0.4, -0.2) is 46.9 Å². The molecule has 1 aliphatic rings. The fourth-order valence-electron chi connectivity index (χ4n) is 2.50. The summed E-state index contributed by atoms with van der Waals surface area (Å²) in [6.07, 6.45) is 0.0217. The standard InChI is InChI=1S/C15H18N2O4/c1-3-16-13(18)8-12(15(16)21)17(9-14(19)20)11-6-4-10(2)5-7-11/h4-7,12H,3,8-9H2,1-2H3,(H,19,20). The van der Waals surface area contributed by atoms with Crippen LogP contribution in [0.25, 0.3) is 0 Å². The topological polar surface area (TPSA) is 77.9 Å². The molecule has 1 unspecified atom stereocenters. The molecule has 1 aromatic carbocycles. The van der Waals surface area contributed by atoms with Gasteiger partial charge in [-0.05, 0) is 26.0 Å². The Morgan fingerprint density at radius 3 is 2.43 bits per heavy atom. The summed E-state index contributed by atoms with van der Waals surface area (Å²) in [5, 5.41) is 9.08. The molecule has 21 heavy (non-hydrogen) atoms. The highest BCUT2D eigenvalue weighted by molar-refractivity contribution is 6.07. The molecule has 0 bridgehead atoms. The summed E-state index contributed by atoms with van der Waals surface area (Å²) < 4.78 is 0. The van der Waals surface area contributed by atoms with E-state index in [-0.39, 0.29) is 24.8 Å². The lowest BCUT2D eigenvalue weighted by molar-refractivity contribution is -0.138. The summed E-state index contributed by atoms with van der Waals surface area (Å²) in [6.45, 7) is 3.65. The summed E-state index contributed by atoms with van der Waals surface area (Å²) in [4.78, 5) is 37.9. The molecule has 0 spiro atoms. The number of carbonyl (C=O) groups excluding carboxylic acids is 2. The number of anilines is 1. The number of aliphatic carboxylic acids is 1. The van der Waals surface area contributed by atoms with Crippen molar-refractivity contribution < 1.29 is 19.5 Å². The highest BCUT2D eigenvalue weighted by Crippen LogP contribution is 2.25. The third kappa shape index (κ3) is 3.04. The van der Waals surface area contributed by atoms with Crippen molar-refractivity contribution in [3.63, 3.8) is 0 Å². The molecular formula is C15H18N2O4. The second kappa shape index (κ2) is 5.95. The van der Waals surface area contributed by atoms with E-state index in [2.05, 4.69) is 0 Å². The first-order chi connectivity index (χ1) is 9.93. The Morgan fingerprint density at radius 1 is 1.33 bits per heavy atom. The Labute approximate surface area is 123 Å². The minimum absolute atomic E-state index is 0.0217. The molecule has 0 aromatic heterocycles. The Hall–Kier alpha value is -2.37. The fourth-order valence-corrected chi connectivity index (χ4v) is 2.50. The average Bonchev–Trinajstić information content (AvgIpc) is 2.71. The number of imide groups is 1. The third-order valence-electron chi connectivity index (χ3n) is 3.58. The number of carboxylic acid groups (broad SMARTS) is 1. The Morgan fingerprint density at radius 2 is 1.95 bits per heavy atom. The number of rotatable bonds is 5. The van der Waals surface area contributed by atoms with E-state index < -0.39 is 12.0 Å². The van der Waals surface area contributed by atoms with E-state index >= 15 is 0 Å². The maximum absolute atomic E-state index is 12.3. The molecule has 1 fully saturated rings. The highest BCUT2D eigenvalue weighted by Gasteiger charge is 2.41. The van der Waals surface area contributed by atoms with E-state index in [4.69, 9.17) is 5.11 Å². The lowest BCUT2D eigenvalue weighted by Crippen LogP contribution is -2.44. The summed E-state index contributed by atoms with van der Waals surface area (Å²) in [7, 11) is 0. The van der Waals surface area contributed by atoms with Crippen LogP contribution >= 0.6 is 0 Å². The Balaban J connectivity index is 2.33. The second-order valence-corrected chi connectivity index (χ2v) is 5.05. The van der Waals surface area contributed by atoms with Crippen molar-refractivity contribution in [2.45, 2.75) is 26.3 Å². The van der Waals surface area contributed by atoms with Gasteiger partial charge in [0.1, 0.15) is 12.6 Å². The van der Waals surface area contributed by atoms with Crippen LogP contribution < -0.4 is 4.90 Å². The largest absolute Gasteiger partial charge is 0.480 e. The Kier molecular flexibility index (Phi) is 4.26. The van der Waals surface area contributed by atoms with Gasteiger partial charge in [0.2, 0.25) is 5.91 Å². The number of aryl methyl sites for hydroxylation is 1. The van der Waals surface area contributed by atoms with Gasteiger partial charge in [-0.2, -0.15) is 0 Å². The maximum atomic E-state index is 12.3. The fraction of sp³-hybridized carbons (Fsp3) is 0.400. The number of amides is 2. The minimum atomic E-state index is -1.04. The van der Waals surface area contributed by atoms with Crippen molar-refractivity contribution in [2.24, 2.45) is 0 Å². The molecule has 2 amide bonds. The first-order valence-electron chi connectivity index (χ1n) is 6.83. The van der Waals surface area contributed by atoms with E-state index in [1.807, 2.05) is 19.1 Å². The van der Waals surface area contributed by atoms with Gasteiger partial charge in [-0.1, -0.05) is 17.7 Å². The van der Waals surface area contributed by atoms with Gasteiger partial charge >= 0.3 is 5.97 Å². The van der Waals surface area contributed by atoms with E-state index in [1.54, 1.807) is 19.1 Å². The number of likely N-dealkylation sites (N-methyl/N-ethyl adjacent to an activating group) is 1. The van der Waals surface area contributed by atoms with Gasteiger partial charge < -0.3 is 10.0 Å². The molecule has 1 saturated heterocycles. The monoisotopic (exact) mass is 290 g/mol. The van der Waals surface area contributed by atoms with Crippen molar-refractivity contribution >= 4 is 23.5 Å². The molecule has 0 radical (unpaired) electrons. The van der Waals surface area contributed by atoms with Crippen molar-refractivity contribution in [3.05, 3.63) is 29.8 Å². The van der Waals surface area contributed by atoms with E-state index in [9.17, 15) is 14.4 Å². The average molecular weight is 290 g/mol. The summed E-state index contributed by atoms with van der Waals surface area (Å²) >= 11 is 0. The number of likely N-dealkylation sites (tertiary alicyclic amines) is 1. The van der Waals surface area contributed by atoms with Crippen LogP contribution in [0, 0.1) is 6.92 Å². The van der Waals surface area contributed by atoms with Gasteiger partial charge in [0, 0.05) is 12.2 Å². The SMILES string of the molecule is CCN1C(=O)CC(N(CC(=O)O)c2ccc(C)cc2)C1=O. The molecule has 1 aromatic rings. The minimum Gasteiger partial charge on any atom is -0.480 e. The molecular weight excluding hydrogens is 272 g/mol. The van der Waals surface area contributed by atoms with Crippen molar-refractivity contribution in [2.75, 3.05) is 18.0 Å². The highest BCUT2D eigenvalue weighted by atomic mass is 16.4. The lowest BCUT2D eigenvalue weighted by atomic mass is 10.1. The summed E-state index contributed by atoms with van der Waals surface area (Å²) in [5.41, 5.74) is 1.67. The third-order valence-corrected chi connectivity index (χ3v) is 3.58. The predicted octanol–water partition coefficient (Wildman–Crippen LogP) is 1.03. The first-order valence-corrected chi connectivity index (χ1v) is 6.83. The van der Waals surface area contributed by atoms with E-state index in [0.29, 0.717) is 12.2 Å². The zero-order valence-corrected chi connectivity index (χ0v) is 12.1. The number of carbonyl (C=O) groups is 3. The molecule has 2 rings (SSSR count). The molecule has 6 nitrogen and oxygen atoms in total. The molecule has 1 atom stereocenters. The smallest absolute Gasteiger partial charge is 0.323 e. The Bertz CT molecular complexity index is 568. The number of hydrogen-bond acceptors (Lipinski definition) is 4. The second-order valence-electron chi connectivity index (χ2n) is 5.05. The number of benzene rings is 1. The van der Waals surface area contributed by atoms with Gasteiger partial charge in [-0.15, -0.1) is 0 Å². The van der Waals surface area contributed by atoms with Crippen LogP contribution in [0.5, 0.6) is 0 Å². The molecule has 1 N–H and O–H groups in total. The molecule has 0 saturated carbocycles. The van der Waals surface area contributed by atoms with Crippen molar-refractivity contribution in [1.82, 2.24) is 4.90 Å². The molecule has 112 valence electrons. The van der Waals surface area contributed by atoms with Crippen LogP contribution in [0.15, 0.2) is 24.3 Å². The predicted molar refractivity (Wildman–Crippen MR) is 77.0 cm³/mol. The van der Waals surface area contributed by atoms with E-state index in [0.717, 1.165) is 5.56 Å². The molecule has 6 heteroatoms. The molecule has 0 aliphatic carbocycles. The number of hydrogen-bond donors (Lipinski definition) is 1. The van der Waals surface area contributed by atoms with Gasteiger partial charge in [0.15, 0.2) is 0 Å². The van der Waals surface area contributed by atoms with Crippen LogP contribution in [0.1, 0.15) is 18.9 Å². The first kappa shape index (κ1) is 15.0. The van der Waals surface area contributed by atoms with Crippen LogP contribution in [-0.2, 0) is 14.4 Å². The summed E-state index contributed by atoms with van der Waals surface area (Å²) in [6, 6.07) is 6.50. The molecule has 1 heterocycles. The zero-order chi connectivity index (χ0) is 15.6. The van der Waals surface area contributed by atoms with Crippen molar-refractivity contribution in [1.29, 1.82) is 0 Å². The lowest BCUT2D eigenvalue weighted by Gasteiger charge is -2.28. The number of carboxylic acids is 1.